The maximum absolute atomic E-state index is 17.0. The summed E-state index contributed by atoms with van der Waals surface area (Å²) < 4.78 is 59.0. The van der Waals surface area contributed by atoms with Crippen molar-refractivity contribution in [2.45, 2.75) is 45.2 Å². The smallest absolute Gasteiger partial charge is 0.362 e. The van der Waals surface area contributed by atoms with Crippen LogP contribution in [0.1, 0.15) is 48.2 Å². The Hall–Kier alpha value is -4.99. The Bertz CT molecular complexity index is 1890. The van der Waals surface area contributed by atoms with Gasteiger partial charge in [-0.15, -0.1) is 0 Å². The molecule has 1 aliphatic heterocycles. The zero-order valence-electron chi connectivity index (χ0n) is 26.9. The first kappa shape index (κ1) is 33.4. The molecule has 2 aromatic carbocycles. The molecule has 3 heterocycles. The minimum absolute atomic E-state index is 0.318. The van der Waals surface area contributed by atoms with Crippen LogP contribution in [0.15, 0.2) is 97.2 Å². The molecule has 5 rings (SSSR count). The lowest BCUT2D eigenvalue weighted by molar-refractivity contribution is -0.0913. The molecule has 0 spiro atoms. The number of aryl methyl sites for hydroxylation is 2. The Kier molecular flexibility index (Phi) is 9.51. The molecule has 10 heteroatoms. The largest absolute Gasteiger partial charge is 0.412 e. The van der Waals surface area contributed by atoms with Gasteiger partial charge >= 0.3 is 6.18 Å². The number of halogens is 4. The van der Waals surface area contributed by atoms with Crippen LogP contribution in [0.3, 0.4) is 0 Å². The highest BCUT2D eigenvalue weighted by atomic mass is 19.4. The Labute approximate surface area is 272 Å². The number of anilines is 2. The molecule has 0 amide bonds. The van der Waals surface area contributed by atoms with E-state index in [0.29, 0.717) is 45.5 Å². The molecule has 0 radical (unpaired) electrons. The summed E-state index contributed by atoms with van der Waals surface area (Å²) in [7, 11) is 1.82. The Morgan fingerprint density at radius 2 is 1.85 bits per heavy atom. The van der Waals surface area contributed by atoms with Crippen LogP contribution < -0.4 is 10.2 Å². The third kappa shape index (κ3) is 6.63. The van der Waals surface area contributed by atoms with Crippen molar-refractivity contribution >= 4 is 28.6 Å². The zero-order valence-corrected chi connectivity index (χ0v) is 26.9. The number of benzene rings is 2. The van der Waals surface area contributed by atoms with Crippen LogP contribution in [-0.2, 0) is 18.9 Å². The third-order valence-corrected chi connectivity index (χ3v) is 8.89. The van der Waals surface area contributed by atoms with Crippen LogP contribution in [-0.4, -0.2) is 40.0 Å². The normalized spacial score (nSPS) is 15.5. The number of imidazole rings is 1. The first-order valence-corrected chi connectivity index (χ1v) is 15.3. The number of allylic oxidation sites excluding steroid dienone is 6. The van der Waals surface area contributed by atoms with Crippen molar-refractivity contribution in [1.82, 2.24) is 14.5 Å². The Morgan fingerprint density at radius 1 is 1.13 bits per heavy atom. The second-order valence-electron chi connectivity index (χ2n) is 12.0. The summed E-state index contributed by atoms with van der Waals surface area (Å²) in [6.45, 7) is 10.3. The first-order chi connectivity index (χ1) is 22.4. The highest BCUT2D eigenvalue weighted by molar-refractivity contribution is 5.87. The average molecular weight is 643 g/mol. The van der Waals surface area contributed by atoms with Gasteiger partial charge in [0.2, 0.25) is 0 Å². The van der Waals surface area contributed by atoms with E-state index < -0.39 is 17.2 Å². The van der Waals surface area contributed by atoms with Crippen molar-refractivity contribution in [3.8, 4) is 0 Å². The van der Waals surface area contributed by atoms with Crippen molar-refractivity contribution in [2.24, 2.45) is 7.05 Å². The van der Waals surface area contributed by atoms with Crippen molar-refractivity contribution in [3.05, 3.63) is 131 Å². The number of fused-ring (bicyclic) bond motifs is 1. The molecule has 0 bridgehead atoms. The molecule has 0 saturated carbocycles. The lowest BCUT2D eigenvalue weighted by Crippen LogP contribution is -2.38. The standard InChI is InChI=1S/C37H38F4N6/c1-6-27(12-9-25(3)37(39,40)41)36(4,32-22-43-23-46(32)5)28-19-24(2)34-30(21-28)33(38)31(35(45-34)47-17-8-18-47)20-26-10-13-29(14-11-26)44-16-7-15-42/h6-7,9-16,19,21-23,42,44H,1,8,17-18,20H2,2-5H3/b16-7-,25-9+,27-12+,42-15?. The number of rotatable bonds is 11. The van der Waals surface area contributed by atoms with E-state index in [9.17, 15) is 13.2 Å². The molecular formula is C37H38F4N6. The summed E-state index contributed by atoms with van der Waals surface area (Å²) in [6.07, 6.45) is 8.58. The van der Waals surface area contributed by atoms with Crippen molar-refractivity contribution < 1.29 is 17.6 Å². The lowest BCUT2D eigenvalue weighted by atomic mass is 9.72. The second kappa shape index (κ2) is 13.4. The zero-order chi connectivity index (χ0) is 33.9. The highest BCUT2D eigenvalue weighted by Crippen LogP contribution is 2.43. The van der Waals surface area contributed by atoms with Crippen LogP contribution in [0.2, 0.25) is 0 Å². The molecule has 0 aliphatic carbocycles. The molecule has 1 aliphatic rings. The fraction of sp³-hybridized carbons (Fsp3) is 0.270. The van der Waals surface area contributed by atoms with E-state index >= 15 is 4.39 Å². The molecule has 1 fully saturated rings. The van der Waals surface area contributed by atoms with Crippen LogP contribution in [0, 0.1) is 18.2 Å². The molecule has 1 unspecified atom stereocenters. The maximum Gasteiger partial charge on any atom is 0.412 e. The van der Waals surface area contributed by atoms with Crippen molar-refractivity contribution in [3.63, 3.8) is 0 Å². The van der Waals surface area contributed by atoms with Crippen LogP contribution >= 0.6 is 0 Å². The second-order valence-corrected chi connectivity index (χ2v) is 12.0. The maximum atomic E-state index is 17.0. The molecule has 47 heavy (non-hydrogen) atoms. The van der Waals surface area contributed by atoms with Gasteiger partial charge in [-0.3, -0.25) is 0 Å². The van der Waals surface area contributed by atoms with Gasteiger partial charge in [0.15, 0.2) is 0 Å². The van der Waals surface area contributed by atoms with E-state index in [2.05, 4.69) is 21.8 Å². The van der Waals surface area contributed by atoms with Gasteiger partial charge in [0.05, 0.1) is 23.0 Å². The number of hydrogen-bond donors (Lipinski definition) is 2. The van der Waals surface area contributed by atoms with E-state index in [1.54, 1.807) is 36.9 Å². The Morgan fingerprint density at radius 3 is 2.43 bits per heavy atom. The molecule has 2 N–H and O–H groups in total. The van der Waals surface area contributed by atoms with Crippen LogP contribution in [0.25, 0.3) is 10.9 Å². The summed E-state index contributed by atoms with van der Waals surface area (Å²) in [4.78, 5) is 11.4. The lowest BCUT2D eigenvalue weighted by Gasteiger charge is -2.35. The first-order valence-electron chi connectivity index (χ1n) is 15.3. The van der Waals surface area contributed by atoms with E-state index in [1.807, 2.05) is 55.8 Å². The molecule has 1 saturated heterocycles. The molecule has 1 atom stereocenters. The molecule has 244 valence electrons. The SMILES string of the molecule is C=C/C(=C\C=C(/C)C(F)(F)F)C(C)(c1cc(C)c2nc(N3CCC3)c(Cc3ccc(N/C=C\C=N)cc3)c(F)c2c1)c1cncn1C. The van der Waals surface area contributed by atoms with Gasteiger partial charge in [-0.05, 0) is 73.7 Å². The third-order valence-electron chi connectivity index (χ3n) is 8.89. The summed E-state index contributed by atoms with van der Waals surface area (Å²) in [5.74, 6) is 0.254. The van der Waals surface area contributed by atoms with E-state index in [4.69, 9.17) is 10.4 Å². The monoisotopic (exact) mass is 642 g/mol. The number of nitrogens with zero attached hydrogens (tertiary/aromatic N) is 4. The van der Waals surface area contributed by atoms with Gasteiger partial charge in [-0.25, -0.2) is 14.4 Å². The van der Waals surface area contributed by atoms with Gasteiger partial charge in [0.25, 0.3) is 0 Å². The summed E-state index contributed by atoms with van der Waals surface area (Å²) >= 11 is 0. The Balaban J connectivity index is 1.68. The highest BCUT2D eigenvalue weighted by Gasteiger charge is 2.36. The van der Waals surface area contributed by atoms with Crippen LogP contribution in [0.4, 0.5) is 29.1 Å². The van der Waals surface area contributed by atoms with Gasteiger partial charge < -0.3 is 20.2 Å². The minimum atomic E-state index is -4.47. The number of hydrogen-bond acceptors (Lipinski definition) is 5. The minimum Gasteiger partial charge on any atom is -0.362 e. The van der Waals surface area contributed by atoms with Crippen molar-refractivity contribution in [2.75, 3.05) is 23.3 Å². The van der Waals surface area contributed by atoms with E-state index in [1.165, 1.54) is 12.3 Å². The van der Waals surface area contributed by atoms with Crippen LogP contribution in [0.5, 0.6) is 0 Å². The quantitative estimate of drug-likeness (QED) is 0.0976. The molecule has 6 nitrogen and oxygen atoms in total. The molecule has 2 aromatic heterocycles. The van der Waals surface area contributed by atoms with Gasteiger partial charge in [0, 0.05) is 67.4 Å². The fourth-order valence-corrected chi connectivity index (χ4v) is 5.93. The number of aromatic nitrogens is 3. The topological polar surface area (TPSA) is 69.8 Å². The van der Waals surface area contributed by atoms with Gasteiger partial charge in [0.1, 0.15) is 11.6 Å². The predicted molar refractivity (Wildman–Crippen MR) is 182 cm³/mol. The van der Waals surface area contributed by atoms with Gasteiger partial charge in [-0.1, -0.05) is 43.0 Å². The number of nitrogens with one attached hydrogen (secondary N) is 2. The summed E-state index contributed by atoms with van der Waals surface area (Å²) in [5.41, 5.74) is 3.62. The molecule has 4 aromatic rings. The molecular weight excluding hydrogens is 604 g/mol. The number of alkyl halides is 3. The van der Waals surface area contributed by atoms with Gasteiger partial charge in [-0.2, -0.15) is 13.2 Å². The van der Waals surface area contributed by atoms with Crippen molar-refractivity contribution in [1.29, 1.82) is 5.41 Å². The summed E-state index contributed by atoms with van der Waals surface area (Å²) in [6, 6.07) is 11.4. The summed E-state index contributed by atoms with van der Waals surface area (Å²) in [5, 5.41) is 10.6. The number of pyridine rings is 1. The fourth-order valence-electron chi connectivity index (χ4n) is 5.93. The average Bonchev–Trinajstić information content (AvgIpc) is 3.45. The van der Waals surface area contributed by atoms with E-state index in [-0.39, 0.29) is 5.82 Å². The predicted octanol–water partition coefficient (Wildman–Crippen LogP) is 8.72. The van der Waals surface area contributed by atoms with E-state index in [0.717, 1.165) is 49.3 Å².